The van der Waals surface area contributed by atoms with Gasteiger partial charge in [-0.3, -0.25) is 9.59 Å². The molecule has 1 unspecified atom stereocenters. The molecule has 3 nitrogen and oxygen atoms in total. The van der Waals surface area contributed by atoms with Crippen molar-refractivity contribution >= 4 is 11.9 Å². The molecule has 1 rings (SSSR count). The molecule has 0 amide bonds. The zero-order chi connectivity index (χ0) is 18.2. The predicted molar refractivity (Wildman–Crippen MR) is 103 cm³/mol. The third-order valence-electron chi connectivity index (χ3n) is 5.03. The number of carbonyl (C=O) groups excluding carboxylic acids is 2. The predicted octanol–water partition coefficient (Wildman–Crippen LogP) is 6.50. The maximum Gasteiger partial charge on any atom is 0.317 e. The van der Waals surface area contributed by atoms with Crippen LogP contribution in [0.4, 0.5) is 0 Å². The van der Waals surface area contributed by atoms with Gasteiger partial charge in [-0.15, -0.1) is 0 Å². The molecule has 1 heterocycles. The Morgan fingerprint density at radius 2 is 1.32 bits per heavy atom. The van der Waals surface area contributed by atoms with E-state index >= 15 is 0 Å². The molecule has 1 atom stereocenters. The van der Waals surface area contributed by atoms with E-state index < -0.39 is 0 Å². The molecule has 0 aromatic heterocycles. The molecule has 1 saturated heterocycles. The van der Waals surface area contributed by atoms with Crippen LogP contribution in [0.3, 0.4) is 0 Å². The van der Waals surface area contributed by atoms with E-state index in [1.807, 2.05) is 0 Å². The smallest absolute Gasteiger partial charge is 0.317 e. The van der Waals surface area contributed by atoms with Crippen molar-refractivity contribution in [2.24, 2.45) is 5.92 Å². The fraction of sp³-hybridized carbons (Fsp3) is 0.818. The Bertz CT molecular complexity index is 387. The van der Waals surface area contributed by atoms with E-state index in [-0.39, 0.29) is 17.9 Å². The fourth-order valence-electron chi connectivity index (χ4n) is 3.38. The van der Waals surface area contributed by atoms with E-state index in [0.29, 0.717) is 6.42 Å². The number of ether oxygens (including phenoxy) is 1. The van der Waals surface area contributed by atoms with Crippen LogP contribution >= 0.6 is 0 Å². The number of hydrogen-bond acceptors (Lipinski definition) is 3. The van der Waals surface area contributed by atoms with Gasteiger partial charge in [0.05, 0.1) is 12.3 Å². The van der Waals surface area contributed by atoms with Crippen molar-refractivity contribution in [3.8, 4) is 0 Å². The van der Waals surface area contributed by atoms with Crippen LogP contribution in [0.5, 0.6) is 0 Å². The van der Waals surface area contributed by atoms with Gasteiger partial charge in [0.1, 0.15) is 0 Å². The van der Waals surface area contributed by atoms with Crippen molar-refractivity contribution in [1.82, 2.24) is 0 Å². The average Bonchev–Trinajstić information content (AvgIpc) is 2.92. The largest absolute Gasteiger partial charge is 0.393 e. The van der Waals surface area contributed by atoms with Crippen molar-refractivity contribution in [2.75, 3.05) is 0 Å². The van der Waals surface area contributed by atoms with Crippen LogP contribution in [0.1, 0.15) is 110 Å². The molecule has 144 valence electrons. The van der Waals surface area contributed by atoms with Gasteiger partial charge < -0.3 is 4.74 Å². The molecule has 1 aliphatic rings. The van der Waals surface area contributed by atoms with Crippen LogP contribution in [0.25, 0.3) is 0 Å². The second-order valence-electron chi connectivity index (χ2n) is 7.42. The maximum atomic E-state index is 11.3. The van der Waals surface area contributed by atoms with Crippen molar-refractivity contribution in [2.45, 2.75) is 110 Å². The molecular formula is C22H38O3. The average molecular weight is 351 g/mol. The molecular weight excluding hydrogens is 312 g/mol. The highest BCUT2D eigenvalue weighted by Crippen LogP contribution is 2.22. The molecule has 1 aliphatic heterocycles. The van der Waals surface area contributed by atoms with Gasteiger partial charge in [0.2, 0.25) is 0 Å². The van der Waals surface area contributed by atoms with Crippen LogP contribution in [0.2, 0.25) is 0 Å². The van der Waals surface area contributed by atoms with Gasteiger partial charge in [-0.2, -0.15) is 0 Å². The first-order valence-corrected chi connectivity index (χ1v) is 10.6. The number of unbranched alkanes of at least 4 members (excludes halogenated alkanes) is 12. The second kappa shape index (κ2) is 15.2. The highest BCUT2D eigenvalue weighted by molar-refractivity contribution is 5.94. The first kappa shape index (κ1) is 21.9. The Hall–Kier alpha value is -1.12. The molecule has 0 aliphatic carbocycles. The number of allylic oxidation sites excluding steroid dienone is 2. The first-order chi connectivity index (χ1) is 12.2. The van der Waals surface area contributed by atoms with Crippen molar-refractivity contribution in [1.29, 1.82) is 0 Å². The Kier molecular flexibility index (Phi) is 13.3. The minimum Gasteiger partial charge on any atom is -0.393 e. The zero-order valence-electron chi connectivity index (χ0n) is 16.3. The molecule has 0 bridgehead atoms. The third kappa shape index (κ3) is 12.0. The van der Waals surface area contributed by atoms with Crippen molar-refractivity contribution < 1.29 is 14.3 Å². The molecule has 0 spiro atoms. The number of rotatable bonds is 16. The lowest BCUT2D eigenvalue weighted by atomic mass is 9.99. The van der Waals surface area contributed by atoms with Gasteiger partial charge in [0.25, 0.3) is 0 Å². The number of cyclic esters (lactones) is 2. The van der Waals surface area contributed by atoms with E-state index in [1.54, 1.807) is 0 Å². The van der Waals surface area contributed by atoms with E-state index in [0.717, 1.165) is 19.3 Å². The minimum absolute atomic E-state index is 0.168. The molecule has 3 heteroatoms. The lowest BCUT2D eigenvalue weighted by Gasteiger charge is -2.03. The van der Waals surface area contributed by atoms with Crippen LogP contribution in [0, 0.1) is 5.92 Å². The highest BCUT2D eigenvalue weighted by atomic mass is 16.6. The van der Waals surface area contributed by atoms with Crippen molar-refractivity contribution in [3.05, 3.63) is 12.2 Å². The Labute approximate surface area is 154 Å². The summed E-state index contributed by atoms with van der Waals surface area (Å²) in [6.45, 7) is 2.27. The van der Waals surface area contributed by atoms with Crippen LogP contribution in [0.15, 0.2) is 12.2 Å². The number of carbonyl (C=O) groups is 2. The molecule has 1 fully saturated rings. The van der Waals surface area contributed by atoms with Gasteiger partial charge >= 0.3 is 11.9 Å². The second-order valence-corrected chi connectivity index (χ2v) is 7.42. The summed E-state index contributed by atoms with van der Waals surface area (Å²) in [4.78, 5) is 22.3. The Morgan fingerprint density at radius 3 is 1.84 bits per heavy atom. The monoisotopic (exact) mass is 350 g/mol. The summed E-state index contributed by atoms with van der Waals surface area (Å²) in [7, 11) is 0. The maximum absolute atomic E-state index is 11.3. The van der Waals surface area contributed by atoms with Crippen LogP contribution in [-0.2, 0) is 14.3 Å². The van der Waals surface area contributed by atoms with E-state index in [4.69, 9.17) is 0 Å². The molecule has 0 saturated carbocycles. The van der Waals surface area contributed by atoms with E-state index in [9.17, 15) is 9.59 Å². The summed E-state index contributed by atoms with van der Waals surface area (Å²) >= 11 is 0. The summed E-state index contributed by atoms with van der Waals surface area (Å²) in [5.41, 5.74) is 0. The highest BCUT2D eigenvalue weighted by Gasteiger charge is 2.32. The third-order valence-corrected chi connectivity index (χ3v) is 5.03. The standard InChI is InChI=1S/C22H38O3/c1-2-3-4-5-6-7-8-9-10-11-12-13-14-15-16-17-18-20-19-21(23)25-22(20)24/h11-12,20H,2-10,13-19H2,1H3/b12-11+. The fourth-order valence-corrected chi connectivity index (χ4v) is 3.38. The van der Waals surface area contributed by atoms with Gasteiger partial charge in [0.15, 0.2) is 0 Å². The summed E-state index contributed by atoms with van der Waals surface area (Å²) in [5.74, 6) is -0.829. The summed E-state index contributed by atoms with van der Waals surface area (Å²) < 4.78 is 4.57. The van der Waals surface area contributed by atoms with Gasteiger partial charge in [0, 0.05) is 0 Å². The number of hydrogen-bond donors (Lipinski definition) is 0. The SMILES string of the molecule is CCCCCCCCCC/C=C/CCCCCCC1CC(=O)OC1=O. The van der Waals surface area contributed by atoms with Crippen LogP contribution in [-0.4, -0.2) is 11.9 Å². The topological polar surface area (TPSA) is 43.4 Å². The normalized spacial score (nSPS) is 17.6. The summed E-state index contributed by atoms with van der Waals surface area (Å²) in [6, 6.07) is 0. The van der Waals surface area contributed by atoms with Gasteiger partial charge in [-0.05, 0) is 32.1 Å². The lowest BCUT2D eigenvalue weighted by Crippen LogP contribution is -2.06. The summed E-state index contributed by atoms with van der Waals surface area (Å²) in [5, 5.41) is 0. The van der Waals surface area contributed by atoms with Crippen LogP contribution < -0.4 is 0 Å². The molecule has 0 aromatic rings. The van der Waals surface area contributed by atoms with Gasteiger partial charge in [-0.1, -0.05) is 83.3 Å². The molecule has 0 radical (unpaired) electrons. The number of esters is 2. The molecule has 0 aromatic carbocycles. The zero-order valence-corrected chi connectivity index (χ0v) is 16.3. The van der Waals surface area contributed by atoms with Gasteiger partial charge in [-0.25, -0.2) is 0 Å². The Morgan fingerprint density at radius 1 is 0.800 bits per heavy atom. The van der Waals surface area contributed by atoms with E-state index in [1.165, 1.54) is 77.0 Å². The quantitative estimate of drug-likeness (QED) is 0.138. The Balaban J connectivity index is 1.78. The summed E-state index contributed by atoms with van der Waals surface area (Å²) in [6.07, 6.45) is 23.9. The molecule has 0 N–H and O–H groups in total. The minimum atomic E-state index is -0.350. The van der Waals surface area contributed by atoms with Crippen molar-refractivity contribution in [3.63, 3.8) is 0 Å². The lowest BCUT2D eigenvalue weighted by molar-refractivity contribution is -0.153. The van der Waals surface area contributed by atoms with E-state index in [2.05, 4.69) is 23.8 Å². The molecule has 25 heavy (non-hydrogen) atoms. The first-order valence-electron chi connectivity index (χ1n) is 10.6.